The number of H-pyrrole nitrogens is 2. The van der Waals surface area contributed by atoms with Crippen molar-refractivity contribution in [3.8, 4) is 0 Å². The molecule has 0 fully saturated rings. The first kappa shape index (κ1) is 7.68. The summed E-state index contributed by atoms with van der Waals surface area (Å²) < 4.78 is 1.14. The van der Waals surface area contributed by atoms with Crippen LogP contribution in [0.5, 0.6) is 0 Å². The second kappa shape index (κ2) is 3.19. The predicted octanol–water partition coefficient (Wildman–Crippen LogP) is 2.70. The van der Waals surface area contributed by atoms with Gasteiger partial charge < -0.3 is 9.97 Å². The van der Waals surface area contributed by atoms with E-state index in [1.54, 1.807) is 0 Å². The van der Waals surface area contributed by atoms with E-state index in [1.807, 2.05) is 24.5 Å². The second-order valence-corrected chi connectivity index (χ2v) is 3.53. The first-order valence-electron chi connectivity index (χ1n) is 3.80. The van der Waals surface area contributed by atoms with Gasteiger partial charge in [0.05, 0.1) is 0 Å². The Balaban J connectivity index is 2.20. The average molecular weight is 225 g/mol. The lowest BCUT2D eigenvalue weighted by Gasteiger charge is -1.95. The van der Waals surface area contributed by atoms with Gasteiger partial charge in [-0.15, -0.1) is 0 Å². The zero-order chi connectivity index (χ0) is 8.39. The third-order valence-corrected chi connectivity index (χ3v) is 2.55. The number of aromatic nitrogens is 2. The van der Waals surface area contributed by atoms with Gasteiger partial charge in [-0.25, -0.2) is 0 Å². The van der Waals surface area contributed by atoms with Crippen molar-refractivity contribution in [1.82, 2.24) is 9.97 Å². The molecule has 0 bridgehead atoms. The molecule has 2 aromatic heterocycles. The first-order valence-corrected chi connectivity index (χ1v) is 4.59. The largest absolute Gasteiger partial charge is 0.365 e. The van der Waals surface area contributed by atoms with Gasteiger partial charge in [0.15, 0.2) is 0 Å². The second-order valence-electron chi connectivity index (χ2n) is 2.68. The van der Waals surface area contributed by atoms with E-state index in [0.717, 1.165) is 10.9 Å². The molecule has 2 N–H and O–H groups in total. The molecule has 12 heavy (non-hydrogen) atoms. The molecule has 0 atom stereocenters. The van der Waals surface area contributed by atoms with Gasteiger partial charge >= 0.3 is 0 Å². The van der Waals surface area contributed by atoms with Crippen LogP contribution in [-0.4, -0.2) is 9.97 Å². The Morgan fingerprint density at radius 1 is 1.17 bits per heavy atom. The van der Waals surface area contributed by atoms with Gasteiger partial charge in [-0.1, -0.05) is 0 Å². The van der Waals surface area contributed by atoms with Crippen LogP contribution in [0.4, 0.5) is 0 Å². The number of rotatable bonds is 2. The van der Waals surface area contributed by atoms with Gasteiger partial charge in [0, 0.05) is 34.7 Å². The number of hydrogen-bond acceptors (Lipinski definition) is 0. The van der Waals surface area contributed by atoms with Crippen molar-refractivity contribution in [2.45, 2.75) is 6.42 Å². The van der Waals surface area contributed by atoms with Gasteiger partial charge in [-0.2, -0.15) is 0 Å². The van der Waals surface area contributed by atoms with Crippen LogP contribution >= 0.6 is 15.9 Å². The molecule has 0 aliphatic heterocycles. The third-order valence-electron chi connectivity index (χ3n) is 1.81. The fourth-order valence-corrected chi connectivity index (χ4v) is 1.58. The molecule has 0 amide bonds. The maximum atomic E-state index is 3.47. The normalized spacial score (nSPS) is 10.4. The van der Waals surface area contributed by atoms with E-state index in [0.29, 0.717) is 0 Å². The third kappa shape index (κ3) is 1.46. The van der Waals surface area contributed by atoms with E-state index in [-0.39, 0.29) is 0 Å². The Labute approximate surface area is 79.1 Å². The van der Waals surface area contributed by atoms with Crippen molar-refractivity contribution in [2.24, 2.45) is 0 Å². The fraction of sp³-hybridized carbons (Fsp3) is 0.111. The molecule has 0 saturated carbocycles. The Morgan fingerprint density at radius 2 is 2.08 bits per heavy atom. The highest BCUT2D eigenvalue weighted by atomic mass is 79.9. The fourth-order valence-electron chi connectivity index (χ4n) is 1.19. The summed E-state index contributed by atoms with van der Waals surface area (Å²) in [5.41, 5.74) is 2.43. The lowest BCUT2D eigenvalue weighted by atomic mass is 10.2. The molecule has 2 aromatic rings. The average Bonchev–Trinajstić information content (AvgIpc) is 2.65. The van der Waals surface area contributed by atoms with E-state index in [9.17, 15) is 0 Å². The van der Waals surface area contributed by atoms with E-state index >= 15 is 0 Å². The van der Waals surface area contributed by atoms with Crippen molar-refractivity contribution in [3.63, 3.8) is 0 Å². The topological polar surface area (TPSA) is 31.6 Å². The highest BCUT2D eigenvalue weighted by Gasteiger charge is 2.01. The van der Waals surface area contributed by atoms with Crippen LogP contribution in [-0.2, 0) is 6.42 Å². The van der Waals surface area contributed by atoms with Crippen LogP contribution in [0, 0.1) is 0 Å². The Hall–Kier alpha value is -0.960. The van der Waals surface area contributed by atoms with Crippen LogP contribution in [0.1, 0.15) is 11.4 Å². The molecule has 2 heterocycles. The highest BCUT2D eigenvalue weighted by Crippen LogP contribution is 2.17. The highest BCUT2D eigenvalue weighted by molar-refractivity contribution is 9.10. The van der Waals surface area contributed by atoms with Gasteiger partial charge in [-0.3, -0.25) is 0 Å². The minimum atomic E-state index is 0.917. The standard InChI is InChI=1S/C9H9BrN2/c10-8-3-5-12-9(8)6-7-2-1-4-11-7/h1-5,11-12H,6H2. The van der Waals surface area contributed by atoms with Crippen molar-refractivity contribution >= 4 is 15.9 Å². The molecule has 0 aliphatic carbocycles. The summed E-state index contributed by atoms with van der Waals surface area (Å²) in [6.45, 7) is 0. The lowest BCUT2D eigenvalue weighted by Crippen LogP contribution is -1.88. The van der Waals surface area contributed by atoms with Gasteiger partial charge in [0.1, 0.15) is 0 Å². The summed E-state index contributed by atoms with van der Waals surface area (Å²) in [6, 6.07) is 6.09. The molecule has 62 valence electrons. The summed E-state index contributed by atoms with van der Waals surface area (Å²) in [7, 11) is 0. The van der Waals surface area contributed by atoms with E-state index in [1.165, 1.54) is 11.4 Å². The number of hydrogen-bond donors (Lipinski definition) is 2. The van der Waals surface area contributed by atoms with Crippen molar-refractivity contribution in [2.75, 3.05) is 0 Å². The number of aromatic amines is 2. The molecule has 0 spiro atoms. The minimum Gasteiger partial charge on any atom is -0.365 e. The van der Waals surface area contributed by atoms with Crippen LogP contribution in [0.2, 0.25) is 0 Å². The molecule has 3 heteroatoms. The van der Waals surface area contributed by atoms with Crippen molar-refractivity contribution in [1.29, 1.82) is 0 Å². The molecule has 0 aliphatic rings. The molecular formula is C9H9BrN2. The molecule has 0 saturated heterocycles. The Bertz CT molecular complexity index is 348. The summed E-state index contributed by atoms with van der Waals surface area (Å²) >= 11 is 3.47. The van der Waals surface area contributed by atoms with E-state index in [4.69, 9.17) is 0 Å². The summed E-state index contributed by atoms with van der Waals surface area (Å²) in [5, 5.41) is 0. The summed E-state index contributed by atoms with van der Waals surface area (Å²) in [6.07, 6.45) is 4.79. The van der Waals surface area contributed by atoms with Crippen molar-refractivity contribution in [3.05, 3.63) is 46.5 Å². The Morgan fingerprint density at radius 3 is 2.67 bits per heavy atom. The first-order chi connectivity index (χ1) is 5.86. The van der Waals surface area contributed by atoms with Crippen LogP contribution in [0.15, 0.2) is 35.1 Å². The molecule has 2 nitrogen and oxygen atoms in total. The maximum Gasteiger partial charge on any atom is 0.0386 e. The van der Waals surface area contributed by atoms with Crippen LogP contribution < -0.4 is 0 Å². The van der Waals surface area contributed by atoms with Gasteiger partial charge in [-0.05, 0) is 34.1 Å². The Kier molecular flexibility index (Phi) is 2.04. The van der Waals surface area contributed by atoms with E-state index < -0.39 is 0 Å². The SMILES string of the molecule is Brc1cc[nH]c1Cc1ccc[nH]1. The molecule has 0 aromatic carbocycles. The van der Waals surface area contributed by atoms with Gasteiger partial charge in [0.2, 0.25) is 0 Å². The predicted molar refractivity (Wildman–Crippen MR) is 52.1 cm³/mol. The smallest absolute Gasteiger partial charge is 0.0386 e. The quantitative estimate of drug-likeness (QED) is 0.787. The number of nitrogens with one attached hydrogen (secondary N) is 2. The van der Waals surface area contributed by atoms with Crippen LogP contribution in [0.3, 0.4) is 0 Å². The van der Waals surface area contributed by atoms with Gasteiger partial charge in [0.25, 0.3) is 0 Å². The zero-order valence-corrected chi connectivity index (χ0v) is 8.06. The molecule has 0 unspecified atom stereocenters. The molecule has 0 radical (unpaired) electrons. The van der Waals surface area contributed by atoms with Crippen molar-refractivity contribution < 1.29 is 0 Å². The monoisotopic (exact) mass is 224 g/mol. The summed E-state index contributed by atoms with van der Waals surface area (Å²) in [4.78, 5) is 6.34. The van der Waals surface area contributed by atoms with Crippen LogP contribution in [0.25, 0.3) is 0 Å². The lowest BCUT2D eigenvalue weighted by molar-refractivity contribution is 1.05. The van der Waals surface area contributed by atoms with E-state index in [2.05, 4.69) is 32.0 Å². The summed E-state index contributed by atoms with van der Waals surface area (Å²) in [5.74, 6) is 0. The zero-order valence-electron chi connectivity index (χ0n) is 6.47. The molecular weight excluding hydrogens is 216 g/mol. The number of halogens is 1. The maximum absolute atomic E-state index is 3.47. The minimum absolute atomic E-state index is 0.917. The molecule has 2 rings (SSSR count).